The molecule has 1 rings (SSSR count). The minimum atomic E-state index is -0.151. The lowest BCUT2D eigenvalue weighted by atomic mass is 10.1. The Bertz CT molecular complexity index is 139. The Hall–Kier alpha value is -0.520. The molecule has 0 spiro atoms. The molecule has 0 unspecified atom stereocenters. The van der Waals surface area contributed by atoms with Gasteiger partial charge in [0.15, 0.2) is 0 Å². The minimum Gasteiger partial charge on any atom is -0.392 e. The molecule has 0 aromatic heterocycles. The highest BCUT2D eigenvalue weighted by Gasteiger charge is 2.15. The number of piperidine rings is 1. The molecule has 1 aliphatic rings. The van der Waals surface area contributed by atoms with Crippen LogP contribution in [0.1, 0.15) is 12.8 Å². The zero-order valence-electron chi connectivity index (χ0n) is 6.08. The average Bonchev–Trinajstić information content (AvgIpc) is 1.88. The van der Waals surface area contributed by atoms with E-state index in [1.165, 1.54) is 0 Å². The standard InChI is InChI=1S/C8H13NO/c1-2-5-9-6-3-4-8(10)7-9/h1,8,10H,3-7H2/t8-/m1/s1. The lowest BCUT2D eigenvalue weighted by Crippen LogP contribution is -2.38. The molecular weight excluding hydrogens is 126 g/mol. The highest BCUT2D eigenvalue weighted by atomic mass is 16.3. The molecule has 1 saturated heterocycles. The summed E-state index contributed by atoms with van der Waals surface area (Å²) < 4.78 is 0. The fraction of sp³-hybridized carbons (Fsp3) is 0.750. The van der Waals surface area contributed by atoms with Gasteiger partial charge in [-0.3, -0.25) is 4.90 Å². The fourth-order valence-electron chi connectivity index (χ4n) is 1.30. The molecule has 1 N–H and O–H groups in total. The molecule has 0 aromatic carbocycles. The molecule has 0 aliphatic carbocycles. The van der Waals surface area contributed by atoms with Crippen LogP contribution < -0.4 is 0 Å². The van der Waals surface area contributed by atoms with Crippen LogP contribution >= 0.6 is 0 Å². The molecule has 0 amide bonds. The summed E-state index contributed by atoms with van der Waals surface area (Å²) in [5.41, 5.74) is 0. The van der Waals surface area contributed by atoms with Gasteiger partial charge < -0.3 is 5.11 Å². The summed E-state index contributed by atoms with van der Waals surface area (Å²) >= 11 is 0. The first kappa shape index (κ1) is 7.59. The number of aliphatic hydroxyl groups excluding tert-OH is 1. The lowest BCUT2D eigenvalue weighted by Gasteiger charge is -2.27. The van der Waals surface area contributed by atoms with Crippen LogP contribution in [-0.4, -0.2) is 35.7 Å². The van der Waals surface area contributed by atoms with Gasteiger partial charge in [-0.15, -0.1) is 6.42 Å². The molecule has 56 valence electrons. The zero-order chi connectivity index (χ0) is 7.40. The van der Waals surface area contributed by atoms with E-state index in [9.17, 15) is 5.11 Å². The van der Waals surface area contributed by atoms with Crippen molar-refractivity contribution in [2.75, 3.05) is 19.6 Å². The molecule has 1 fully saturated rings. The molecule has 0 bridgehead atoms. The van der Waals surface area contributed by atoms with Crippen LogP contribution in [0.25, 0.3) is 0 Å². The third kappa shape index (κ3) is 2.02. The smallest absolute Gasteiger partial charge is 0.0668 e. The summed E-state index contributed by atoms with van der Waals surface area (Å²) in [6, 6.07) is 0. The molecule has 1 heterocycles. The minimum absolute atomic E-state index is 0.151. The first-order chi connectivity index (χ1) is 4.83. The molecule has 10 heavy (non-hydrogen) atoms. The van der Waals surface area contributed by atoms with Crippen LogP contribution in [0.2, 0.25) is 0 Å². The van der Waals surface area contributed by atoms with Crippen LogP contribution in [0, 0.1) is 12.3 Å². The van der Waals surface area contributed by atoms with Crippen molar-refractivity contribution < 1.29 is 5.11 Å². The molecular formula is C8H13NO. The maximum atomic E-state index is 9.20. The summed E-state index contributed by atoms with van der Waals surface area (Å²) in [6.45, 7) is 2.47. The Kier molecular flexibility index (Phi) is 2.73. The van der Waals surface area contributed by atoms with Gasteiger partial charge in [0.2, 0.25) is 0 Å². The number of aliphatic hydroxyl groups is 1. The van der Waals surface area contributed by atoms with Gasteiger partial charge in [0.25, 0.3) is 0 Å². The second-order valence-corrected chi connectivity index (χ2v) is 2.74. The van der Waals surface area contributed by atoms with Crippen LogP contribution in [0.5, 0.6) is 0 Å². The lowest BCUT2D eigenvalue weighted by molar-refractivity contribution is 0.0781. The normalized spacial score (nSPS) is 27.8. The Labute approximate surface area is 61.8 Å². The van der Waals surface area contributed by atoms with E-state index in [0.29, 0.717) is 6.54 Å². The van der Waals surface area contributed by atoms with Gasteiger partial charge in [-0.25, -0.2) is 0 Å². The van der Waals surface area contributed by atoms with Gasteiger partial charge in [0.1, 0.15) is 0 Å². The molecule has 1 aliphatic heterocycles. The molecule has 0 radical (unpaired) electrons. The van der Waals surface area contributed by atoms with E-state index >= 15 is 0 Å². The monoisotopic (exact) mass is 139 g/mol. The van der Waals surface area contributed by atoms with Gasteiger partial charge >= 0.3 is 0 Å². The van der Waals surface area contributed by atoms with E-state index in [0.717, 1.165) is 25.9 Å². The third-order valence-corrected chi connectivity index (χ3v) is 1.80. The highest BCUT2D eigenvalue weighted by Crippen LogP contribution is 2.08. The second kappa shape index (κ2) is 3.60. The molecule has 1 atom stereocenters. The van der Waals surface area contributed by atoms with E-state index in [4.69, 9.17) is 6.42 Å². The average molecular weight is 139 g/mol. The van der Waals surface area contributed by atoms with Crippen molar-refractivity contribution in [1.29, 1.82) is 0 Å². The highest BCUT2D eigenvalue weighted by molar-refractivity contribution is 4.89. The number of hydrogen-bond donors (Lipinski definition) is 1. The maximum Gasteiger partial charge on any atom is 0.0668 e. The van der Waals surface area contributed by atoms with Crippen molar-refractivity contribution in [3.8, 4) is 12.3 Å². The number of β-amino-alcohol motifs (C(OH)–C–C–N with tert-alkyl or cyclic N) is 1. The van der Waals surface area contributed by atoms with Gasteiger partial charge in [0, 0.05) is 6.54 Å². The predicted molar refractivity (Wildman–Crippen MR) is 40.5 cm³/mol. The topological polar surface area (TPSA) is 23.5 Å². The van der Waals surface area contributed by atoms with Crippen LogP contribution in [0.4, 0.5) is 0 Å². The molecule has 2 nitrogen and oxygen atoms in total. The first-order valence-corrected chi connectivity index (χ1v) is 3.67. The van der Waals surface area contributed by atoms with Crippen molar-refractivity contribution in [1.82, 2.24) is 4.90 Å². The zero-order valence-corrected chi connectivity index (χ0v) is 6.08. The van der Waals surface area contributed by atoms with E-state index in [1.807, 2.05) is 0 Å². The number of rotatable bonds is 1. The van der Waals surface area contributed by atoms with Crippen LogP contribution in [0.3, 0.4) is 0 Å². The third-order valence-electron chi connectivity index (χ3n) is 1.80. The van der Waals surface area contributed by atoms with E-state index < -0.39 is 0 Å². The van der Waals surface area contributed by atoms with Gasteiger partial charge in [-0.05, 0) is 19.4 Å². The summed E-state index contributed by atoms with van der Waals surface area (Å²) in [5.74, 6) is 2.57. The van der Waals surface area contributed by atoms with Crippen LogP contribution in [0.15, 0.2) is 0 Å². The largest absolute Gasteiger partial charge is 0.392 e. The van der Waals surface area contributed by atoms with Gasteiger partial charge in [-0.1, -0.05) is 5.92 Å². The maximum absolute atomic E-state index is 9.20. The van der Waals surface area contributed by atoms with Crippen molar-refractivity contribution in [2.24, 2.45) is 0 Å². The van der Waals surface area contributed by atoms with Crippen molar-refractivity contribution >= 4 is 0 Å². The van der Waals surface area contributed by atoms with Crippen LogP contribution in [-0.2, 0) is 0 Å². The van der Waals surface area contributed by atoms with E-state index in [1.54, 1.807) is 0 Å². The molecule has 0 saturated carbocycles. The van der Waals surface area contributed by atoms with E-state index in [-0.39, 0.29) is 6.10 Å². The summed E-state index contributed by atoms with van der Waals surface area (Å²) in [4.78, 5) is 2.11. The number of terminal acetylenes is 1. The predicted octanol–water partition coefficient (Wildman–Crippen LogP) is 0.0763. The van der Waals surface area contributed by atoms with Gasteiger partial charge in [0.05, 0.1) is 12.6 Å². The van der Waals surface area contributed by atoms with Crippen molar-refractivity contribution in [3.63, 3.8) is 0 Å². The summed E-state index contributed by atoms with van der Waals surface area (Å²) in [7, 11) is 0. The number of nitrogens with zero attached hydrogens (tertiary/aromatic N) is 1. The van der Waals surface area contributed by atoms with E-state index in [2.05, 4.69) is 10.8 Å². The number of likely N-dealkylation sites (tertiary alicyclic amines) is 1. The first-order valence-electron chi connectivity index (χ1n) is 3.67. The van der Waals surface area contributed by atoms with Gasteiger partial charge in [-0.2, -0.15) is 0 Å². The summed E-state index contributed by atoms with van der Waals surface area (Å²) in [6.07, 6.45) is 6.98. The van der Waals surface area contributed by atoms with Crippen molar-refractivity contribution in [2.45, 2.75) is 18.9 Å². The SMILES string of the molecule is C#CCN1CCC[C@@H](O)C1. The molecule has 2 heteroatoms. The fourth-order valence-corrected chi connectivity index (χ4v) is 1.30. The molecule has 0 aromatic rings. The Balaban J connectivity index is 2.27. The Morgan fingerprint density at radius 2 is 2.50 bits per heavy atom. The van der Waals surface area contributed by atoms with Crippen molar-refractivity contribution in [3.05, 3.63) is 0 Å². The summed E-state index contributed by atoms with van der Waals surface area (Å²) in [5, 5.41) is 9.20. The Morgan fingerprint density at radius 1 is 1.70 bits per heavy atom. The second-order valence-electron chi connectivity index (χ2n) is 2.74. The number of hydrogen-bond acceptors (Lipinski definition) is 2. The quantitative estimate of drug-likeness (QED) is 0.520. The Morgan fingerprint density at radius 3 is 3.10 bits per heavy atom.